The van der Waals surface area contributed by atoms with Gasteiger partial charge in [-0.25, -0.2) is 23.9 Å². The fourth-order valence-corrected chi connectivity index (χ4v) is 6.57. The quantitative estimate of drug-likeness (QED) is 0.200. The van der Waals surface area contributed by atoms with E-state index in [-0.39, 0.29) is 27.6 Å². The van der Waals surface area contributed by atoms with E-state index in [1.165, 1.54) is 31.2 Å². The zero-order valence-corrected chi connectivity index (χ0v) is 24.1. The summed E-state index contributed by atoms with van der Waals surface area (Å²) in [6, 6.07) is 17.2. The largest absolute Gasteiger partial charge is 0.465 e. The first-order chi connectivity index (χ1) is 20.7. The molecule has 220 valence electrons. The van der Waals surface area contributed by atoms with Crippen molar-refractivity contribution in [3.63, 3.8) is 0 Å². The van der Waals surface area contributed by atoms with Crippen LogP contribution >= 0.6 is 11.3 Å². The molecule has 2 aromatic heterocycles. The van der Waals surface area contributed by atoms with E-state index in [1.54, 1.807) is 55.5 Å². The van der Waals surface area contributed by atoms with E-state index >= 15 is 0 Å². The molecule has 12 heteroatoms. The van der Waals surface area contributed by atoms with Gasteiger partial charge < -0.3 is 13.9 Å². The lowest BCUT2D eigenvalue weighted by Crippen LogP contribution is -2.37. The Bertz CT molecular complexity index is 1730. The molecule has 2 aliphatic rings. The van der Waals surface area contributed by atoms with Gasteiger partial charge in [-0.05, 0) is 67.9 Å². The predicted molar refractivity (Wildman–Crippen MR) is 153 cm³/mol. The van der Waals surface area contributed by atoms with E-state index in [2.05, 4.69) is 0 Å². The lowest BCUT2D eigenvalue weighted by atomic mass is 9.94. The molecule has 2 aromatic carbocycles. The first-order valence-corrected chi connectivity index (χ1v) is 14.2. The van der Waals surface area contributed by atoms with Crippen molar-refractivity contribution in [2.45, 2.75) is 26.0 Å². The number of thiophene rings is 1. The number of nitrogens with zero attached hydrogens (tertiary/aromatic N) is 2. The molecule has 6 rings (SSSR count). The van der Waals surface area contributed by atoms with E-state index in [0.29, 0.717) is 22.8 Å². The number of para-hydroxylation sites is 1. The van der Waals surface area contributed by atoms with Crippen LogP contribution in [0.4, 0.5) is 15.1 Å². The van der Waals surface area contributed by atoms with Crippen LogP contribution in [0, 0.1) is 18.7 Å². The fraction of sp³-hybridized carbons (Fsp3) is 0.226. The maximum Gasteiger partial charge on any atom is 0.348 e. The molecule has 43 heavy (non-hydrogen) atoms. The molecule has 4 aromatic rings. The summed E-state index contributed by atoms with van der Waals surface area (Å²) in [6.45, 7) is 3.27. The van der Waals surface area contributed by atoms with Gasteiger partial charge in [-0.3, -0.25) is 14.4 Å². The number of carbonyl (C=O) groups excluding carboxylic acids is 4. The SMILES string of the molecule is CCOC(=O)c1sc(N2C(=O)[C@H]3[C@@H](ON(c4ccccc4)[C@H]3c3ccc(-c4ccc(F)cc4)o3)C2=O)c(C(=O)OC)c1C. The topological polar surface area (TPSA) is 116 Å². The number of methoxy groups -OCH3 is 1. The highest BCUT2D eigenvalue weighted by molar-refractivity contribution is 7.19. The summed E-state index contributed by atoms with van der Waals surface area (Å²) >= 11 is 0.804. The number of hydrogen-bond acceptors (Lipinski definition) is 10. The average Bonchev–Trinajstić information content (AvgIpc) is 3.77. The van der Waals surface area contributed by atoms with Crippen LogP contribution in [-0.2, 0) is 23.9 Å². The number of carbonyl (C=O) groups is 4. The number of imide groups is 1. The highest BCUT2D eigenvalue weighted by Gasteiger charge is 2.62. The molecule has 0 aliphatic carbocycles. The fourth-order valence-electron chi connectivity index (χ4n) is 5.37. The molecule has 2 saturated heterocycles. The van der Waals surface area contributed by atoms with Crippen LogP contribution in [0.15, 0.2) is 71.1 Å². The van der Waals surface area contributed by atoms with Crippen LogP contribution in [0.25, 0.3) is 11.3 Å². The van der Waals surface area contributed by atoms with Crippen LogP contribution in [0.1, 0.15) is 44.3 Å². The van der Waals surface area contributed by atoms with Crippen LogP contribution in [0.3, 0.4) is 0 Å². The maximum absolute atomic E-state index is 14.2. The van der Waals surface area contributed by atoms with Gasteiger partial charge in [0, 0.05) is 5.56 Å². The second-order valence-electron chi connectivity index (χ2n) is 9.83. The molecular weight excluding hydrogens is 579 g/mol. The van der Waals surface area contributed by atoms with Crippen LogP contribution in [0.2, 0.25) is 0 Å². The first-order valence-electron chi connectivity index (χ1n) is 13.4. The monoisotopic (exact) mass is 604 g/mol. The summed E-state index contributed by atoms with van der Waals surface area (Å²) < 4.78 is 29.8. The number of furan rings is 1. The number of hydrogen-bond donors (Lipinski definition) is 0. The highest BCUT2D eigenvalue weighted by atomic mass is 32.1. The van der Waals surface area contributed by atoms with E-state index in [1.807, 2.05) is 6.07 Å². The van der Waals surface area contributed by atoms with Gasteiger partial charge in [0.05, 0.1) is 25.0 Å². The smallest absolute Gasteiger partial charge is 0.348 e. The minimum atomic E-state index is -1.25. The lowest BCUT2D eigenvalue weighted by molar-refractivity contribution is -0.126. The summed E-state index contributed by atoms with van der Waals surface area (Å²) in [7, 11) is 1.17. The number of esters is 2. The van der Waals surface area contributed by atoms with Crippen molar-refractivity contribution in [2.24, 2.45) is 5.92 Å². The number of fused-ring (bicyclic) bond motifs is 1. The normalized spacial score (nSPS) is 19.6. The third-order valence-corrected chi connectivity index (χ3v) is 8.61. The Hall–Kier alpha value is -4.81. The minimum absolute atomic E-state index is 0.0446. The van der Waals surface area contributed by atoms with Crippen LogP contribution in [-0.4, -0.2) is 43.6 Å². The third-order valence-electron chi connectivity index (χ3n) is 7.35. The number of halogens is 1. The molecule has 3 atom stereocenters. The molecule has 0 radical (unpaired) electrons. The Morgan fingerprint density at radius 3 is 2.37 bits per heavy atom. The molecule has 2 amide bonds. The Labute approximate surface area is 249 Å². The second kappa shape index (κ2) is 11.1. The zero-order valence-electron chi connectivity index (χ0n) is 23.2. The van der Waals surface area contributed by atoms with Gasteiger partial charge >= 0.3 is 11.9 Å². The summed E-state index contributed by atoms with van der Waals surface area (Å²) in [5.74, 6) is -3.54. The third kappa shape index (κ3) is 4.68. The van der Waals surface area contributed by atoms with Crippen molar-refractivity contribution in [1.82, 2.24) is 0 Å². The molecule has 0 bridgehead atoms. The van der Waals surface area contributed by atoms with Crippen molar-refractivity contribution in [1.29, 1.82) is 0 Å². The van der Waals surface area contributed by atoms with Crippen molar-refractivity contribution in [3.05, 3.63) is 94.3 Å². The van der Waals surface area contributed by atoms with Crippen LogP contribution in [0.5, 0.6) is 0 Å². The Kier molecular flexibility index (Phi) is 7.32. The van der Waals surface area contributed by atoms with Gasteiger partial charge in [-0.2, -0.15) is 0 Å². The number of amides is 2. The maximum atomic E-state index is 14.2. The molecule has 0 N–H and O–H groups in total. The summed E-state index contributed by atoms with van der Waals surface area (Å²) in [5, 5.41) is 1.43. The molecular formula is C31H25FN2O8S. The first kappa shape index (κ1) is 28.3. The summed E-state index contributed by atoms with van der Waals surface area (Å²) in [5.41, 5.74) is 1.36. The van der Waals surface area contributed by atoms with Crippen molar-refractivity contribution < 1.29 is 42.3 Å². The Morgan fingerprint density at radius 1 is 0.977 bits per heavy atom. The van der Waals surface area contributed by atoms with Gasteiger partial charge in [-0.1, -0.05) is 18.2 Å². The van der Waals surface area contributed by atoms with E-state index in [9.17, 15) is 23.6 Å². The minimum Gasteiger partial charge on any atom is -0.465 e. The van der Waals surface area contributed by atoms with E-state index in [0.717, 1.165) is 16.2 Å². The van der Waals surface area contributed by atoms with Gasteiger partial charge in [0.15, 0.2) is 6.10 Å². The Morgan fingerprint density at radius 2 is 1.70 bits per heavy atom. The molecule has 0 spiro atoms. The van der Waals surface area contributed by atoms with E-state index in [4.69, 9.17) is 18.7 Å². The van der Waals surface area contributed by atoms with Crippen molar-refractivity contribution >= 4 is 45.8 Å². The second-order valence-corrected chi connectivity index (χ2v) is 10.8. The highest BCUT2D eigenvalue weighted by Crippen LogP contribution is 2.50. The number of ether oxygens (including phenoxy) is 2. The molecule has 2 aliphatic heterocycles. The summed E-state index contributed by atoms with van der Waals surface area (Å²) in [6.07, 6.45) is -1.25. The Balaban J connectivity index is 1.43. The predicted octanol–water partition coefficient (Wildman–Crippen LogP) is 5.47. The van der Waals surface area contributed by atoms with Gasteiger partial charge in [0.1, 0.15) is 39.2 Å². The number of benzene rings is 2. The number of hydroxylamine groups is 1. The molecule has 4 heterocycles. The molecule has 0 saturated carbocycles. The zero-order chi connectivity index (χ0) is 30.4. The van der Waals surface area contributed by atoms with Crippen molar-refractivity contribution in [2.75, 3.05) is 23.7 Å². The average molecular weight is 605 g/mol. The van der Waals surface area contributed by atoms with Crippen molar-refractivity contribution in [3.8, 4) is 11.3 Å². The standard InChI is InChI=1S/C31H25FN2O8S/c1-4-40-31(38)26-16(2)22(30(37)39-3)29(43-26)33-27(35)23-24(21-15-14-20(41-21)17-10-12-18(32)13-11-17)34(42-25(23)28(33)36)19-8-6-5-7-9-19/h5-15,23-25H,4H2,1-3H3/t23-,24+,25-/m1/s1. The molecule has 0 unspecified atom stereocenters. The van der Waals surface area contributed by atoms with E-state index < -0.39 is 47.6 Å². The molecule has 2 fully saturated rings. The molecule has 10 nitrogen and oxygen atoms in total. The van der Waals surface area contributed by atoms with Gasteiger partial charge in [0.25, 0.3) is 5.91 Å². The summed E-state index contributed by atoms with van der Waals surface area (Å²) in [4.78, 5) is 60.8. The number of rotatable bonds is 7. The van der Waals surface area contributed by atoms with Gasteiger partial charge in [-0.15, -0.1) is 11.3 Å². The lowest BCUT2D eigenvalue weighted by Gasteiger charge is -2.27. The number of anilines is 2. The van der Waals surface area contributed by atoms with Crippen LogP contribution < -0.4 is 9.96 Å². The van der Waals surface area contributed by atoms with Gasteiger partial charge in [0.2, 0.25) is 5.91 Å².